The van der Waals surface area contributed by atoms with Gasteiger partial charge in [-0.2, -0.15) is 0 Å². The van der Waals surface area contributed by atoms with Crippen LogP contribution in [0.2, 0.25) is 0 Å². The minimum Gasteiger partial charge on any atom is -0.486 e. The van der Waals surface area contributed by atoms with Crippen LogP contribution in [0, 0.1) is 20.8 Å². The van der Waals surface area contributed by atoms with E-state index >= 15 is 0 Å². The zero-order chi connectivity index (χ0) is 12.3. The van der Waals surface area contributed by atoms with Crippen LogP contribution in [0.25, 0.3) is 0 Å². The van der Waals surface area contributed by atoms with Gasteiger partial charge < -0.3 is 10.5 Å². The molecule has 0 aromatic heterocycles. The number of benzene rings is 1. The van der Waals surface area contributed by atoms with Crippen molar-refractivity contribution in [3.8, 4) is 5.75 Å². The van der Waals surface area contributed by atoms with Crippen molar-refractivity contribution >= 4 is 0 Å². The van der Waals surface area contributed by atoms with Crippen LogP contribution < -0.4 is 10.5 Å². The normalized spacial score (nSPS) is 14.6. The molecule has 90 valence electrons. The first-order chi connectivity index (χ1) is 7.41. The Morgan fingerprint density at radius 1 is 1.19 bits per heavy atom. The zero-order valence-corrected chi connectivity index (χ0v) is 11.1. The first-order valence-electron chi connectivity index (χ1n) is 5.89. The lowest BCUT2D eigenvalue weighted by Gasteiger charge is -2.30. The maximum absolute atomic E-state index is 6.09. The Hall–Kier alpha value is -1.02. The molecule has 0 saturated heterocycles. The van der Waals surface area contributed by atoms with Gasteiger partial charge >= 0.3 is 0 Å². The largest absolute Gasteiger partial charge is 0.486 e. The predicted octanol–water partition coefficient (Wildman–Crippen LogP) is 3.12. The molecule has 1 rings (SSSR count). The molecule has 0 amide bonds. The maximum Gasteiger partial charge on any atom is 0.126 e. The maximum atomic E-state index is 6.09. The Balaban J connectivity index is 3.06. The minimum atomic E-state index is -0.259. The highest BCUT2D eigenvalue weighted by Gasteiger charge is 2.23. The van der Waals surface area contributed by atoms with Crippen molar-refractivity contribution in [2.75, 3.05) is 6.54 Å². The lowest BCUT2D eigenvalue weighted by atomic mass is 10.0. The van der Waals surface area contributed by atoms with Gasteiger partial charge in [0.25, 0.3) is 0 Å². The summed E-state index contributed by atoms with van der Waals surface area (Å²) in [6.07, 6.45) is 0.913. The molecule has 1 aromatic rings. The third kappa shape index (κ3) is 2.76. The van der Waals surface area contributed by atoms with Crippen LogP contribution in [0.1, 0.15) is 37.0 Å². The average Bonchev–Trinajstić information content (AvgIpc) is 2.23. The zero-order valence-electron chi connectivity index (χ0n) is 11.1. The molecule has 2 nitrogen and oxygen atoms in total. The highest BCUT2D eigenvalue weighted by molar-refractivity contribution is 5.43. The summed E-state index contributed by atoms with van der Waals surface area (Å²) in [6.45, 7) is 11.0. The van der Waals surface area contributed by atoms with Gasteiger partial charge in [-0.25, -0.2) is 0 Å². The molecule has 1 unspecified atom stereocenters. The Morgan fingerprint density at radius 3 is 2.06 bits per heavy atom. The van der Waals surface area contributed by atoms with E-state index in [0.29, 0.717) is 6.54 Å². The second-order valence-corrected chi connectivity index (χ2v) is 4.84. The highest BCUT2D eigenvalue weighted by atomic mass is 16.5. The number of hydrogen-bond acceptors (Lipinski definition) is 2. The summed E-state index contributed by atoms with van der Waals surface area (Å²) in [7, 11) is 0. The fraction of sp³-hybridized carbons (Fsp3) is 0.571. The molecule has 2 N–H and O–H groups in total. The van der Waals surface area contributed by atoms with Crippen molar-refractivity contribution in [3.05, 3.63) is 28.8 Å². The van der Waals surface area contributed by atoms with Gasteiger partial charge in [-0.15, -0.1) is 0 Å². The monoisotopic (exact) mass is 221 g/mol. The third-order valence-corrected chi connectivity index (χ3v) is 3.13. The summed E-state index contributed by atoms with van der Waals surface area (Å²) in [5, 5.41) is 0. The standard InChI is InChI=1S/C14H23NO/c1-6-14(5,9-15)16-13-11(3)7-10(2)8-12(13)4/h7-8H,6,9,15H2,1-5H3. The topological polar surface area (TPSA) is 35.2 Å². The number of aryl methyl sites for hydroxylation is 3. The van der Waals surface area contributed by atoms with Crippen molar-refractivity contribution in [3.63, 3.8) is 0 Å². The van der Waals surface area contributed by atoms with Crippen molar-refractivity contribution < 1.29 is 4.74 Å². The molecule has 2 heteroatoms. The highest BCUT2D eigenvalue weighted by Crippen LogP contribution is 2.29. The van der Waals surface area contributed by atoms with E-state index in [4.69, 9.17) is 10.5 Å². The molecule has 0 spiro atoms. The Labute approximate surface area is 98.8 Å². The van der Waals surface area contributed by atoms with Crippen LogP contribution in [0.5, 0.6) is 5.75 Å². The molecule has 0 bridgehead atoms. The van der Waals surface area contributed by atoms with Crippen LogP contribution in [0.15, 0.2) is 12.1 Å². The molecule has 0 aliphatic rings. The molecular weight excluding hydrogens is 198 g/mol. The average molecular weight is 221 g/mol. The summed E-state index contributed by atoms with van der Waals surface area (Å²) in [4.78, 5) is 0. The Kier molecular flexibility index (Phi) is 3.98. The molecule has 1 aromatic carbocycles. The molecular formula is C14H23NO. The van der Waals surface area contributed by atoms with Crippen molar-refractivity contribution in [2.24, 2.45) is 5.73 Å². The van der Waals surface area contributed by atoms with E-state index in [1.807, 2.05) is 0 Å². The lowest BCUT2D eigenvalue weighted by Crippen LogP contribution is -2.40. The fourth-order valence-electron chi connectivity index (χ4n) is 1.83. The fourth-order valence-corrected chi connectivity index (χ4v) is 1.83. The number of hydrogen-bond donors (Lipinski definition) is 1. The number of nitrogens with two attached hydrogens (primary N) is 1. The Bertz CT molecular complexity index is 344. The van der Waals surface area contributed by atoms with Gasteiger partial charge in [0.2, 0.25) is 0 Å². The first-order valence-corrected chi connectivity index (χ1v) is 5.89. The van der Waals surface area contributed by atoms with Crippen molar-refractivity contribution in [2.45, 2.75) is 46.6 Å². The second-order valence-electron chi connectivity index (χ2n) is 4.84. The van der Waals surface area contributed by atoms with E-state index in [2.05, 4.69) is 46.8 Å². The molecule has 1 atom stereocenters. The molecule has 0 fully saturated rings. The van der Waals surface area contributed by atoms with Gasteiger partial charge in [0.05, 0.1) is 0 Å². The van der Waals surface area contributed by atoms with Crippen LogP contribution in [-0.4, -0.2) is 12.1 Å². The summed E-state index contributed by atoms with van der Waals surface area (Å²) in [5.41, 5.74) is 9.15. The molecule has 0 radical (unpaired) electrons. The van der Waals surface area contributed by atoms with E-state index < -0.39 is 0 Å². The summed E-state index contributed by atoms with van der Waals surface area (Å²) >= 11 is 0. The number of ether oxygens (including phenoxy) is 1. The van der Waals surface area contributed by atoms with Gasteiger partial charge in [0.1, 0.15) is 11.4 Å². The van der Waals surface area contributed by atoms with E-state index in [0.717, 1.165) is 12.2 Å². The molecule has 0 heterocycles. The smallest absolute Gasteiger partial charge is 0.126 e. The molecule has 0 aliphatic heterocycles. The predicted molar refractivity (Wildman–Crippen MR) is 69.0 cm³/mol. The summed E-state index contributed by atoms with van der Waals surface area (Å²) in [6, 6.07) is 4.30. The van der Waals surface area contributed by atoms with Crippen LogP contribution in [0.4, 0.5) is 0 Å². The SMILES string of the molecule is CCC(C)(CN)Oc1c(C)cc(C)cc1C. The molecule has 0 saturated carbocycles. The van der Waals surface area contributed by atoms with E-state index in [1.165, 1.54) is 16.7 Å². The second kappa shape index (κ2) is 4.88. The van der Waals surface area contributed by atoms with Crippen LogP contribution >= 0.6 is 0 Å². The van der Waals surface area contributed by atoms with Crippen molar-refractivity contribution in [1.29, 1.82) is 0 Å². The quantitative estimate of drug-likeness (QED) is 0.848. The van der Waals surface area contributed by atoms with Crippen LogP contribution in [-0.2, 0) is 0 Å². The first kappa shape index (κ1) is 13.0. The van der Waals surface area contributed by atoms with Gasteiger partial charge in [-0.05, 0) is 45.2 Å². The minimum absolute atomic E-state index is 0.259. The third-order valence-electron chi connectivity index (χ3n) is 3.13. The van der Waals surface area contributed by atoms with Gasteiger partial charge in [0.15, 0.2) is 0 Å². The van der Waals surface area contributed by atoms with Crippen molar-refractivity contribution in [1.82, 2.24) is 0 Å². The Morgan fingerprint density at radius 2 is 1.69 bits per heavy atom. The summed E-state index contributed by atoms with van der Waals surface area (Å²) in [5.74, 6) is 0.986. The van der Waals surface area contributed by atoms with E-state index in [9.17, 15) is 0 Å². The number of rotatable bonds is 4. The van der Waals surface area contributed by atoms with E-state index in [-0.39, 0.29) is 5.60 Å². The van der Waals surface area contributed by atoms with Gasteiger partial charge in [-0.3, -0.25) is 0 Å². The molecule has 0 aliphatic carbocycles. The van der Waals surface area contributed by atoms with Gasteiger partial charge in [-0.1, -0.05) is 24.6 Å². The summed E-state index contributed by atoms with van der Waals surface area (Å²) < 4.78 is 6.09. The van der Waals surface area contributed by atoms with Crippen LogP contribution in [0.3, 0.4) is 0 Å². The lowest BCUT2D eigenvalue weighted by molar-refractivity contribution is 0.0917. The molecule has 16 heavy (non-hydrogen) atoms. The van der Waals surface area contributed by atoms with Gasteiger partial charge in [0, 0.05) is 6.54 Å². The van der Waals surface area contributed by atoms with E-state index in [1.54, 1.807) is 0 Å².